The molecule has 4 rings (SSSR count). The molecule has 2 saturated heterocycles. The molecule has 2 fully saturated rings. The molecule has 2 aliphatic heterocycles. The number of halogens is 1. The number of amides is 1. The number of likely N-dealkylation sites (tertiary alicyclic amines) is 1. The molecule has 0 atom stereocenters. The van der Waals surface area contributed by atoms with Crippen LogP contribution in [0, 0.1) is 5.82 Å². The van der Waals surface area contributed by atoms with Crippen molar-refractivity contribution < 1.29 is 22.7 Å². The summed E-state index contributed by atoms with van der Waals surface area (Å²) in [5.41, 5.74) is 0.163. The first-order valence-corrected chi connectivity index (χ1v) is 10.0. The van der Waals surface area contributed by atoms with E-state index in [4.69, 9.17) is 0 Å². The summed E-state index contributed by atoms with van der Waals surface area (Å²) in [4.78, 5) is 13.7. The van der Waals surface area contributed by atoms with Crippen LogP contribution in [-0.4, -0.2) is 57.1 Å². The second-order valence-electron chi connectivity index (χ2n) is 6.65. The van der Waals surface area contributed by atoms with Gasteiger partial charge < -0.3 is 15.3 Å². The summed E-state index contributed by atoms with van der Waals surface area (Å²) in [7, 11) is -4.22. The first-order valence-electron chi connectivity index (χ1n) is 8.60. The minimum Gasteiger partial charge on any atom is -0.506 e. The van der Waals surface area contributed by atoms with E-state index in [2.05, 4.69) is 10.2 Å². The molecular weight excluding hydrogens is 375 g/mol. The molecule has 144 valence electrons. The lowest BCUT2D eigenvalue weighted by molar-refractivity contribution is -0.117. The number of nitrogens with zero attached hydrogens (tertiary/aromatic N) is 2. The minimum absolute atomic E-state index is 0.159. The van der Waals surface area contributed by atoms with Crippen LogP contribution in [-0.2, 0) is 15.0 Å². The number of anilines is 2. The molecule has 0 spiro atoms. The molecule has 10 heteroatoms. The lowest BCUT2D eigenvalue weighted by Gasteiger charge is -2.30. The summed E-state index contributed by atoms with van der Waals surface area (Å²) in [6, 6.07) is 6.28. The molecule has 2 aromatic rings. The normalized spacial score (nSPS) is 19.1. The van der Waals surface area contributed by atoms with Crippen molar-refractivity contribution in [2.24, 2.45) is 0 Å². The Morgan fingerprint density at radius 3 is 2.67 bits per heavy atom. The van der Waals surface area contributed by atoms with Crippen molar-refractivity contribution in [3.8, 4) is 5.75 Å². The number of phenols is 1. The zero-order valence-electron chi connectivity index (χ0n) is 14.4. The van der Waals surface area contributed by atoms with E-state index in [1.807, 2.05) is 0 Å². The van der Waals surface area contributed by atoms with Gasteiger partial charge >= 0.3 is 10.2 Å². The van der Waals surface area contributed by atoms with Gasteiger partial charge in [-0.15, -0.1) is 0 Å². The Bertz CT molecular complexity index is 1020. The molecule has 0 radical (unpaired) electrons. The molecular formula is C17H19FN4O4S. The number of fused-ring (bicyclic) bond motifs is 1. The Morgan fingerprint density at radius 1 is 1.26 bits per heavy atom. The zero-order valence-corrected chi connectivity index (χ0v) is 15.2. The van der Waals surface area contributed by atoms with Crippen LogP contribution >= 0.6 is 0 Å². The smallest absolute Gasteiger partial charge is 0.326 e. The zero-order chi connectivity index (χ0) is 19.2. The highest BCUT2D eigenvalue weighted by molar-refractivity contribution is 7.92. The van der Waals surface area contributed by atoms with E-state index < -0.39 is 39.9 Å². The average molecular weight is 394 g/mol. The summed E-state index contributed by atoms with van der Waals surface area (Å²) in [6.45, 7) is 3.20. The first kappa shape index (κ1) is 17.8. The van der Waals surface area contributed by atoms with Gasteiger partial charge in [0.25, 0.3) is 5.91 Å². The molecule has 2 heterocycles. The maximum Gasteiger partial charge on any atom is 0.326 e. The number of hydrogen-bond acceptors (Lipinski definition) is 6. The molecule has 8 nitrogen and oxygen atoms in total. The molecule has 0 aliphatic carbocycles. The van der Waals surface area contributed by atoms with Crippen LogP contribution in [0.2, 0.25) is 0 Å². The monoisotopic (exact) mass is 394 g/mol. The van der Waals surface area contributed by atoms with Crippen LogP contribution in [0.15, 0.2) is 24.3 Å². The van der Waals surface area contributed by atoms with E-state index in [1.54, 1.807) is 22.9 Å². The SMILES string of the molecule is O=C1CN(c2c(O)cc3ccc(NCCN4CCC4)cc3c2F)S(=O)(=O)N1. The predicted molar refractivity (Wildman–Crippen MR) is 99.5 cm³/mol. The van der Waals surface area contributed by atoms with Crippen molar-refractivity contribution in [1.82, 2.24) is 9.62 Å². The molecule has 0 unspecified atom stereocenters. The number of aromatic hydroxyl groups is 1. The number of carbonyl (C=O) groups excluding carboxylic acids is 1. The summed E-state index contributed by atoms with van der Waals surface area (Å²) in [6.07, 6.45) is 1.21. The summed E-state index contributed by atoms with van der Waals surface area (Å²) in [5.74, 6) is -2.22. The Morgan fingerprint density at radius 2 is 2.04 bits per heavy atom. The number of benzene rings is 2. The Balaban J connectivity index is 1.67. The van der Waals surface area contributed by atoms with Gasteiger partial charge in [0.1, 0.15) is 18.0 Å². The van der Waals surface area contributed by atoms with Gasteiger partial charge in [0, 0.05) is 24.2 Å². The molecule has 1 amide bonds. The van der Waals surface area contributed by atoms with Gasteiger partial charge in [-0.05, 0) is 43.1 Å². The third-order valence-electron chi connectivity index (χ3n) is 4.81. The predicted octanol–water partition coefficient (Wildman–Crippen LogP) is 0.983. The van der Waals surface area contributed by atoms with Gasteiger partial charge in [-0.2, -0.15) is 8.42 Å². The fraction of sp³-hybridized carbons (Fsp3) is 0.353. The molecule has 3 N–H and O–H groups in total. The van der Waals surface area contributed by atoms with Crippen molar-refractivity contribution >= 4 is 38.3 Å². The Hall–Kier alpha value is -2.59. The van der Waals surface area contributed by atoms with Crippen LogP contribution in [0.25, 0.3) is 10.8 Å². The number of nitrogens with one attached hydrogen (secondary N) is 2. The quantitative estimate of drug-likeness (QED) is 0.699. The Labute approximate surface area is 155 Å². The van der Waals surface area contributed by atoms with Crippen LogP contribution in [0.3, 0.4) is 0 Å². The standard InChI is InChI=1S/C17H19FN4O4S/c18-16-13-9-12(19-4-7-21-5-1-6-21)3-2-11(13)8-14(23)17(16)22-10-15(24)20-27(22,25)26/h2-3,8-9,19,23H,1,4-7,10H2,(H,20,24). The fourth-order valence-electron chi connectivity index (χ4n) is 3.28. The van der Waals surface area contributed by atoms with E-state index in [9.17, 15) is 18.3 Å². The average Bonchev–Trinajstić information content (AvgIpc) is 2.82. The van der Waals surface area contributed by atoms with Crippen LogP contribution in [0.4, 0.5) is 15.8 Å². The largest absolute Gasteiger partial charge is 0.506 e. The van der Waals surface area contributed by atoms with Crippen molar-refractivity contribution in [3.63, 3.8) is 0 Å². The highest BCUT2D eigenvalue weighted by atomic mass is 32.2. The van der Waals surface area contributed by atoms with E-state index in [1.165, 1.54) is 12.5 Å². The number of carbonyl (C=O) groups is 1. The molecule has 2 aromatic carbocycles. The van der Waals surface area contributed by atoms with Gasteiger partial charge in [0.05, 0.1) is 0 Å². The third-order valence-corrected chi connectivity index (χ3v) is 6.19. The Kier molecular flexibility index (Phi) is 4.31. The van der Waals surface area contributed by atoms with Gasteiger partial charge in [0.15, 0.2) is 5.82 Å². The number of rotatable bonds is 5. The lowest BCUT2D eigenvalue weighted by Crippen LogP contribution is -2.40. The summed E-state index contributed by atoms with van der Waals surface area (Å²) < 4.78 is 41.5. The minimum atomic E-state index is -4.22. The van der Waals surface area contributed by atoms with Crippen molar-refractivity contribution in [3.05, 3.63) is 30.1 Å². The highest BCUT2D eigenvalue weighted by Crippen LogP contribution is 2.39. The fourth-order valence-corrected chi connectivity index (χ4v) is 4.45. The molecule has 27 heavy (non-hydrogen) atoms. The molecule has 0 bridgehead atoms. The highest BCUT2D eigenvalue weighted by Gasteiger charge is 2.37. The van der Waals surface area contributed by atoms with Gasteiger partial charge in [0.2, 0.25) is 0 Å². The second-order valence-corrected chi connectivity index (χ2v) is 8.25. The molecule has 0 aromatic heterocycles. The van der Waals surface area contributed by atoms with Crippen LogP contribution < -0.4 is 14.3 Å². The van der Waals surface area contributed by atoms with Crippen molar-refractivity contribution in [2.75, 3.05) is 42.3 Å². The maximum absolute atomic E-state index is 15.1. The summed E-state index contributed by atoms with van der Waals surface area (Å²) in [5, 5.41) is 14.0. The molecule has 2 aliphatic rings. The van der Waals surface area contributed by atoms with E-state index in [0.29, 0.717) is 21.9 Å². The van der Waals surface area contributed by atoms with E-state index in [-0.39, 0.29) is 5.39 Å². The van der Waals surface area contributed by atoms with Gasteiger partial charge in [-0.3, -0.25) is 4.79 Å². The van der Waals surface area contributed by atoms with Crippen molar-refractivity contribution in [1.29, 1.82) is 0 Å². The van der Waals surface area contributed by atoms with E-state index in [0.717, 1.165) is 19.6 Å². The second kappa shape index (κ2) is 6.54. The van der Waals surface area contributed by atoms with Crippen LogP contribution in [0.1, 0.15) is 6.42 Å². The maximum atomic E-state index is 15.1. The van der Waals surface area contributed by atoms with Crippen LogP contribution in [0.5, 0.6) is 5.75 Å². The van der Waals surface area contributed by atoms with Gasteiger partial charge in [-0.25, -0.2) is 13.4 Å². The van der Waals surface area contributed by atoms with E-state index >= 15 is 4.39 Å². The van der Waals surface area contributed by atoms with Crippen molar-refractivity contribution in [2.45, 2.75) is 6.42 Å². The number of phenolic OH excluding ortho intramolecular Hbond substituents is 1. The summed E-state index contributed by atoms with van der Waals surface area (Å²) >= 11 is 0. The molecule has 0 saturated carbocycles. The third kappa shape index (κ3) is 3.26. The topological polar surface area (TPSA) is 102 Å². The number of hydrogen-bond donors (Lipinski definition) is 3. The van der Waals surface area contributed by atoms with Gasteiger partial charge in [-0.1, -0.05) is 6.07 Å². The first-order chi connectivity index (χ1) is 12.8. The lowest BCUT2D eigenvalue weighted by atomic mass is 10.1.